The molecule has 0 aliphatic carbocycles. The number of ether oxygens (including phenoxy) is 1. The van der Waals surface area contributed by atoms with Gasteiger partial charge in [0.1, 0.15) is 11.0 Å². The second-order valence-corrected chi connectivity index (χ2v) is 3.86. The molecule has 3 nitrogen and oxygen atoms in total. The molecule has 0 unspecified atom stereocenters. The third kappa shape index (κ3) is 4.62. The molecule has 0 atom stereocenters. The topological polar surface area (TPSA) is 35.0 Å². The van der Waals surface area contributed by atoms with Crippen LogP contribution in [-0.4, -0.2) is 16.6 Å². The molecule has 4 heteroatoms. The monoisotopic (exact) mass is 240 g/mol. The third-order valence-corrected chi connectivity index (χ3v) is 2.19. The molecule has 0 amide bonds. The molecule has 0 aromatic carbocycles. The highest BCUT2D eigenvalue weighted by Crippen LogP contribution is 2.14. The summed E-state index contributed by atoms with van der Waals surface area (Å²) in [4.78, 5) is 8.40. The van der Waals surface area contributed by atoms with Crippen LogP contribution in [0.3, 0.4) is 0 Å². The van der Waals surface area contributed by atoms with Crippen LogP contribution >= 0.6 is 11.6 Å². The molecular weight excluding hydrogens is 224 g/mol. The second-order valence-electron chi connectivity index (χ2n) is 3.47. The highest BCUT2D eigenvalue weighted by molar-refractivity contribution is 6.29. The second kappa shape index (κ2) is 7.23. The summed E-state index contributed by atoms with van der Waals surface area (Å²) in [5.41, 5.74) is 0. The molecule has 0 bridgehead atoms. The zero-order valence-corrected chi connectivity index (χ0v) is 10.3. The number of hydrogen-bond donors (Lipinski definition) is 0. The van der Waals surface area contributed by atoms with Crippen molar-refractivity contribution in [3.05, 3.63) is 29.7 Å². The molecule has 16 heavy (non-hydrogen) atoms. The minimum atomic E-state index is 0.442. The van der Waals surface area contributed by atoms with E-state index in [-0.39, 0.29) is 0 Å². The van der Waals surface area contributed by atoms with Crippen molar-refractivity contribution in [2.75, 3.05) is 6.61 Å². The van der Waals surface area contributed by atoms with E-state index < -0.39 is 0 Å². The minimum absolute atomic E-state index is 0.442. The molecule has 1 rings (SSSR count). The number of halogens is 1. The Hall–Kier alpha value is -1.09. The van der Waals surface area contributed by atoms with E-state index in [9.17, 15) is 0 Å². The van der Waals surface area contributed by atoms with Crippen LogP contribution in [0.5, 0.6) is 5.88 Å². The number of allylic oxidation sites excluding steroid dienone is 1. The first-order chi connectivity index (χ1) is 7.76. The van der Waals surface area contributed by atoms with Gasteiger partial charge >= 0.3 is 0 Å². The quantitative estimate of drug-likeness (QED) is 0.416. The van der Waals surface area contributed by atoms with Crippen molar-refractivity contribution in [3.8, 4) is 5.88 Å². The van der Waals surface area contributed by atoms with Crippen molar-refractivity contribution in [2.45, 2.75) is 32.6 Å². The molecule has 0 radical (unpaired) electrons. The van der Waals surface area contributed by atoms with Crippen LogP contribution in [-0.2, 0) is 6.42 Å². The van der Waals surface area contributed by atoms with Crippen molar-refractivity contribution < 1.29 is 4.74 Å². The van der Waals surface area contributed by atoms with Crippen molar-refractivity contribution in [3.63, 3.8) is 0 Å². The van der Waals surface area contributed by atoms with E-state index in [2.05, 4.69) is 23.5 Å². The molecular formula is C12H17ClN2O. The lowest BCUT2D eigenvalue weighted by Crippen LogP contribution is -2.02. The summed E-state index contributed by atoms with van der Waals surface area (Å²) in [6.45, 7) is 6.36. The summed E-state index contributed by atoms with van der Waals surface area (Å²) < 4.78 is 5.49. The predicted octanol–water partition coefficient (Wildman–Crippen LogP) is 3.43. The Kier molecular flexibility index (Phi) is 5.86. The van der Waals surface area contributed by atoms with Gasteiger partial charge in [-0.3, -0.25) is 0 Å². The lowest BCUT2D eigenvalue weighted by molar-refractivity contribution is 0.298. The average Bonchev–Trinajstić information content (AvgIpc) is 2.24. The van der Waals surface area contributed by atoms with Gasteiger partial charge in [0.25, 0.3) is 0 Å². The summed E-state index contributed by atoms with van der Waals surface area (Å²) in [6, 6.07) is 1.65. The van der Waals surface area contributed by atoms with Crippen LogP contribution in [0.15, 0.2) is 18.7 Å². The number of hydrogen-bond acceptors (Lipinski definition) is 3. The van der Waals surface area contributed by atoms with E-state index >= 15 is 0 Å². The van der Waals surface area contributed by atoms with E-state index in [1.165, 1.54) is 0 Å². The van der Waals surface area contributed by atoms with Crippen molar-refractivity contribution in [1.82, 2.24) is 9.97 Å². The smallest absolute Gasteiger partial charge is 0.218 e. The van der Waals surface area contributed by atoms with Crippen molar-refractivity contribution in [1.29, 1.82) is 0 Å². The largest absolute Gasteiger partial charge is 0.478 e. The van der Waals surface area contributed by atoms with Crippen LogP contribution in [0.1, 0.15) is 32.0 Å². The van der Waals surface area contributed by atoms with Gasteiger partial charge in [-0.25, -0.2) is 4.98 Å². The first kappa shape index (κ1) is 13.0. The molecule has 0 aliphatic heterocycles. The van der Waals surface area contributed by atoms with E-state index in [1.54, 1.807) is 6.07 Å². The SMILES string of the molecule is C=CCCCOc1cc(Cl)nc(CCC)n1. The van der Waals surface area contributed by atoms with Crippen LogP contribution < -0.4 is 4.74 Å². The Bertz CT molecular complexity index is 342. The molecule has 0 saturated carbocycles. The van der Waals surface area contributed by atoms with Gasteiger partial charge in [0.2, 0.25) is 5.88 Å². The molecule has 1 aromatic heterocycles. The third-order valence-electron chi connectivity index (χ3n) is 1.99. The Balaban J connectivity index is 2.54. The lowest BCUT2D eigenvalue weighted by Gasteiger charge is -2.06. The van der Waals surface area contributed by atoms with E-state index in [4.69, 9.17) is 16.3 Å². The molecule has 1 aromatic rings. The van der Waals surface area contributed by atoms with Crippen LogP contribution in [0.4, 0.5) is 0 Å². The average molecular weight is 241 g/mol. The lowest BCUT2D eigenvalue weighted by atomic mass is 10.3. The number of unbranched alkanes of at least 4 members (excludes halogenated alkanes) is 1. The Labute approximate surface area is 102 Å². The first-order valence-electron chi connectivity index (χ1n) is 5.53. The normalized spacial score (nSPS) is 10.1. The molecule has 0 saturated heterocycles. The molecule has 0 fully saturated rings. The molecule has 0 N–H and O–H groups in total. The van der Waals surface area contributed by atoms with Crippen LogP contribution in [0.25, 0.3) is 0 Å². The van der Waals surface area contributed by atoms with E-state index in [0.29, 0.717) is 17.6 Å². The van der Waals surface area contributed by atoms with Crippen molar-refractivity contribution in [2.24, 2.45) is 0 Å². The number of nitrogens with zero attached hydrogens (tertiary/aromatic N) is 2. The number of aromatic nitrogens is 2. The Morgan fingerprint density at radius 1 is 1.50 bits per heavy atom. The summed E-state index contributed by atoms with van der Waals surface area (Å²) >= 11 is 5.88. The summed E-state index contributed by atoms with van der Waals surface area (Å²) in [6.07, 6.45) is 5.58. The van der Waals surface area contributed by atoms with Gasteiger partial charge in [-0.15, -0.1) is 6.58 Å². The van der Waals surface area contributed by atoms with E-state index in [1.807, 2.05) is 6.08 Å². The first-order valence-corrected chi connectivity index (χ1v) is 5.91. The molecule has 1 heterocycles. The molecule has 88 valence electrons. The fourth-order valence-corrected chi connectivity index (χ4v) is 1.45. The highest BCUT2D eigenvalue weighted by Gasteiger charge is 2.03. The Morgan fingerprint density at radius 2 is 2.31 bits per heavy atom. The van der Waals surface area contributed by atoms with E-state index in [0.717, 1.165) is 31.5 Å². The standard InChI is InChI=1S/C12H17ClN2O/c1-3-5-6-8-16-12-9-10(13)14-11(15-12)7-4-2/h3,9H,1,4-8H2,2H3. The number of aryl methyl sites for hydroxylation is 1. The fraction of sp³-hybridized carbons (Fsp3) is 0.500. The Morgan fingerprint density at radius 3 is 3.00 bits per heavy atom. The fourth-order valence-electron chi connectivity index (χ4n) is 1.26. The van der Waals surface area contributed by atoms with Gasteiger partial charge in [0, 0.05) is 12.5 Å². The maximum atomic E-state index is 5.88. The van der Waals surface area contributed by atoms with Gasteiger partial charge in [-0.05, 0) is 19.3 Å². The predicted molar refractivity (Wildman–Crippen MR) is 66.0 cm³/mol. The maximum Gasteiger partial charge on any atom is 0.218 e. The summed E-state index contributed by atoms with van der Waals surface area (Å²) in [5.74, 6) is 1.31. The maximum absolute atomic E-state index is 5.88. The molecule has 0 spiro atoms. The van der Waals surface area contributed by atoms with Gasteiger partial charge in [-0.1, -0.05) is 24.6 Å². The van der Waals surface area contributed by atoms with Gasteiger partial charge in [-0.2, -0.15) is 4.98 Å². The van der Waals surface area contributed by atoms with Gasteiger partial charge in [0.05, 0.1) is 6.61 Å². The zero-order chi connectivity index (χ0) is 11.8. The van der Waals surface area contributed by atoms with Gasteiger partial charge < -0.3 is 4.74 Å². The van der Waals surface area contributed by atoms with Crippen LogP contribution in [0.2, 0.25) is 5.15 Å². The van der Waals surface area contributed by atoms with Crippen molar-refractivity contribution >= 4 is 11.6 Å². The minimum Gasteiger partial charge on any atom is -0.478 e. The molecule has 0 aliphatic rings. The van der Waals surface area contributed by atoms with Crippen LogP contribution in [0, 0.1) is 0 Å². The summed E-state index contributed by atoms with van der Waals surface area (Å²) in [5, 5.41) is 0.442. The van der Waals surface area contributed by atoms with Gasteiger partial charge in [0.15, 0.2) is 0 Å². The summed E-state index contributed by atoms with van der Waals surface area (Å²) in [7, 11) is 0. The highest BCUT2D eigenvalue weighted by atomic mass is 35.5. The number of rotatable bonds is 7. The zero-order valence-electron chi connectivity index (χ0n) is 9.58.